The van der Waals surface area contributed by atoms with E-state index in [2.05, 4.69) is 12.2 Å². The summed E-state index contributed by atoms with van der Waals surface area (Å²) in [4.78, 5) is 11.6. The van der Waals surface area contributed by atoms with E-state index in [9.17, 15) is 4.79 Å². The van der Waals surface area contributed by atoms with E-state index >= 15 is 0 Å². The fourth-order valence-electron chi connectivity index (χ4n) is 3.19. The van der Waals surface area contributed by atoms with E-state index in [1.807, 2.05) is 6.92 Å². The minimum atomic E-state index is -0.405. The molecule has 0 amide bonds. The molecule has 2 nitrogen and oxygen atoms in total. The summed E-state index contributed by atoms with van der Waals surface area (Å²) in [6.45, 7) is 2.00. The first-order valence-corrected chi connectivity index (χ1v) is 5.11. The van der Waals surface area contributed by atoms with Crippen molar-refractivity contribution < 1.29 is 9.53 Å². The van der Waals surface area contributed by atoms with Crippen molar-refractivity contribution in [3.8, 4) is 0 Å². The molecule has 2 aliphatic carbocycles. The van der Waals surface area contributed by atoms with Crippen molar-refractivity contribution in [3.05, 3.63) is 12.2 Å². The highest BCUT2D eigenvalue weighted by Crippen LogP contribution is 2.61. The fourth-order valence-corrected chi connectivity index (χ4v) is 3.72. The largest absolute Gasteiger partial charge is 0.445 e. The molecule has 0 spiro atoms. The lowest BCUT2D eigenvalue weighted by Gasteiger charge is -2.27. The predicted molar refractivity (Wildman–Crippen MR) is 48.1 cm³/mol. The molecule has 0 aromatic heterocycles. The van der Waals surface area contributed by atoms with Crippen LogP contribution in [0.4, 0.5) is 0 Å². The molecule has 1 aliphatic heterocycles. The summed E-state index contributed by atoms with van der Waals surface area (Å²) < 4.78 is 5.10. The molecule has 2 bridgehead atoms. The van der Waals surface area contributed by atoms with Crippen molar-refractivity contribution in [2.24, 2.45) is 23.2 Å². The summed E-state index contributed by atoms with van der Waals surface area (Å²) in [7, 11) is 0. The zero-order chi connectivity index (χ0) is 9.22. The van der Waals surface area contributed by atoms with Crippen LogP contribution in [-0.4, -0.2) is 11.5 Å². The van der Waals surface area contributed by atoms with Crippen LogP contribution < -0.4 is 0 Å². The van der Waals surface area contributed by atoms with Crippen LogP contribution in [0.25, 0.3) is 0 Å². The molecule has 3 rings (SSSR count). The molecule has 1 saturated heterocycles. The Morgan fingerprint density at radius 3 is 3.08 bits per heavy atom. The number of carbonyl (C=O) groups is 1. The molecule has 3 aliphatic rings. The molecule has 0 radical (unpaired) electrons. The first kappa shape index (κ1) is 7.86. The van der Waals surface area contributed by atoms with Crippen LogP contribution in [0.1, 0.15) is 13.3 Å². The van der Waals surface area contributed by atoms with Crippen LogP contribution in [0.15, 0.2) is 12.2 Å². The van der Waals surface area contributed by atoms with Gasteiger partial charge in [0.15, 0.2) is 5.56 Å². The number of hydrogen-bond donors (Lipinski definition) is 0. The van der Waals surface area contributed by atoms with Gasteiger partial charge in [-0.25, -0.2) is 0 Å². The number of alkyl halides is 1. The number of cyclic esters (lactones) is 1. The lowest BCUT2D eigenvalue weighted by Crippen LogP contribution is -2.34. The third kappa shape index (κ3) is 0.700. The van der Waals surface area contributed by atoms with E-state index in [0.29, 0.717) is 11.8 Å². The third-order valence-corrected chi connectivity index (χ3v) is 4.34. The Labute approximate surface area is 81.9 Å². The number of carbonyl (C=O) groups excluding carboxylic acids is 1. The Morgan fingerprint density at radius 1 is 1.62 bits per heavy atom. The fraction of sp³-hybridized carbons (Fsp3) is 0.700. The van der Waals surface area contributed by atoms with Gasteiger partial charge in [0.25, 0.3) is 0 Å². The van der Waals surface area contributed by atoms with Gasteiger partial charge in [-0.1, -0.05) is 23.8 Å². The molecule has 70 valence electrons. The van der Waals surface area contributed by atoms with Gasteiger partial charge < -0.3 is 4.74 Å². The second kappa shape index (κ2) is 2.11. The van der Waals surface area contributed by atoms with Crippen molar-refractivity contribution in [1.82, 2.24) is 0 Å². The SMILES string of the molecule is C[C@@]12C(=O)O[C@@H](Cl)[C@@H]1[C@@H]1C=C[C@H]2C1. The summed E-state index contributed by atoms with van der Waals surface area (Å²) in [5.74, 6) is 0.925. The number of ether oxygens (including phenoxy) is 1. The van der Waals surface area contributed by atoms with Crippen molar-refractivity contribution >= 4 is 17.6 Å². The average molecular weight is 199 g/mol. The summed E-state index contributed by atoms with van der Waals surface area (Å²) in [6, 6.07) is 0. The maximum absolute atomic E-state index is 11.6. The summed E-state index contributed by atoms with van der Waals surface area (Å²) >= 11 is 6.01. The molecule has 0 unspecified atom stereocenters. The van der Waals surface area contributed by atoms with Gasteiger partial charge in [0.2, 0.25) is 0 Å². The predicted octanol–water partition coefficient (Wildman–Crippen LogP) is 1.94. The Bertz CT molecular complexity index is 312. The van der Waals surface area contributed by atoms with E-state index < -0.39 is 5.56 Å². The quantitative estimate of drug-likeness (QED) is 0.338. The minimum Gasteiger partial charge on any atom is -0.445 e. The molecular weight excluding hydrogens is 188 g/mol. The van der Waals surface area contributed by atoms with Crippen LogP contribution in [0.2, 0.25) is 0 Å². The Hall–Kier alpha value is -0.500. The summed E-state index contributed by atoms with van der Waals surface area (Å²) in [5.41, 5.74) is -0.733. The van der Waals surface area contributed by atoms with E-state index in [1.54, 1.807) is 0 Å². The molecule has 1 saturated carbocycles. The van der Waals surface area contributed by atoms with Gasteiger partial charge in [-0.05, 0) is 25.2 Å². The molecule has 0 aromatic rings. The van der Waals surface area contributed by atoms with Gasteiger partial charge in [0.1, 0.15) is 0 Å². The van der Waals surface area contributed by atoms with Crippen LogP contribution in [0, 0.1) is 23.2 Å². The smallest absolute Gasteiger partial charge is 0.314 e. The number of hydrogen-bond acceptors (Lipinski definition) is 2. The van der Waals surface area contributed by atoms with Crippen molar-refractivity contribution in [3.63, 3.8) is 0 Å². The second-order valence-electron chi connectivity index (χ2n) is 4.46. The normalized spacial score (nSPS) is 56.9. The highest BCUT2D eigenvalue weighted by atomic mass is 35.5. The van der Waals surface area contributed by atoms with Crippen molar-refractivity contribution in [2.45, 2.75) is 18.9 Å². The standard InChI is InChI=1S/C10H11ClO2/c1-10-6-3-2-5(4-6)7(10)8(11)13-9(10)12/h2-3,5-8H,4H2,1H3/t5-,6+,7+,8-,10+/m1/s1. The number of rotatable bonds is 0. The van der Waals surface area contributed by atoms with Gasteiger partial charge >= 0.3 is 5.97 Å². The van der Waals surface area contributed by atoms with Crippen molar-refractivity contribution in [1.29, 1.82) is 0 Å². The zero-order valence-corrected chi connectivity index (χ0v) is 8.12. The van der Waals surface area contributed by atoms with E-state index in [4.69, 9.17) is 16.3 Å². The summed E-state index contributed by atoms with van der Waals surface area (Å²) in [5, 5.41) is 0. The Kier molecular flexibility index (Phi) is 1.28. The zero-order valence-electron chi connectivity index (χ0n) is 7.37. The van der Waals surface area contributed by atoms with E-state index in [-0.39, 0.29) is 17.3 Å². The number of fused-ring (bicyclic) bond motifs is 5. The van der Waals surface area contributed by atoms with Gasteiger partial charge in [-0.15, -0.1) is 0 Å². The topological polar surface area (TPSA) is 26.3 Å². The van der Waals surface area contributed by atoms with Crippen LogP contribution in [-0.2, 0) is 9.53 Å². The highest BCUT2D eigenvalue weighted by molar-refractivity contribution is 6.21. The van der Waals surface area contributed by atoms with Gasteiger partial charge in [-0.2, -0.15) is 0 Å². The number of allylic oxidation sites excluding steroid dienone is 2. The molecular formula is C10H11ClO2. The lowest BCUT2D eigenvalue weighted by molar-refractivity contribution is -0.147. The molecule has 5 atom stereocenters. The van der Waals surface area contributed by atoms with Gasteiger partial charge in [0.05, 0.1) is 5.41 Å². The van der Waals surface area contributed by atoms with Gasteiger partial charge in [0, 0.05) is 5.92 Å². The molecule has 1 heterocycles. The molecule has 13 heavy (non-hydrogen) atoms. The second-order valence-corrected chi connectivity index (χ2v) is 4.89. The molecule has 2 fully saturated rings. The average Bonchev–Trinajstić information content (AvgIpc) is 2.66. The lowest BCUT2D eigenvalue weighted by atomic mass is 9.72. The first-order chi connectivity index (χ1) is 6.14. The Balaban J connectivity index is 2.12. The molecule has 0 aromatic carbocycles. The third-order valence-electron chi connectivity index (χ3n) is 3.98. The first-order valence-electron chi connectivity index (χ1n) is 4.67. The molecule has 3 heteroatoms. The van der Waals surface area contributed by atoms with Crippen LogP contribution >= 0.6 is 11.6 Å². The number of halogens is 1. The van der Waals surface area contributed by atoms with Crippen LogP contribution in [0.5, 0.6) is 0 Å². The summed E-state index contributed by atoms with van der Waals surface area (Å²) in [6.07, 6.45) is 5.42. The molecule has 0 N–H and O–H groups in total. The van der Waals surface area contributed by atoms with E-state index in [0.717, 1.165) is 6.42 Å². The van der Waals surface area contributed by atoms with Crippen molar-refractivity contribution in [2.75, 3.05) is 0 Å². The maximum Gasteiger partial charge on any atom is 0.314 e. The van der Waals surface area contributed by atoms with Gasteiger partial charge in [-0.3, -0.25) is 4.79 Å². The van der Waals surface area contributed by atoms with E-state index in [1.165, 1.54) is 0 Å². The van der Waals surface area contributed by atoms with Crippen LogP contribution in [0.3, 0.4) is 0 Å². The highest BCUT2D eigenvalue weighted by Gasteiger charge is 2.65. The monoisotopic (exact) mass is 198 g/mol. The minimum absolute atomic E-state index is 0.102. The number of esters is 1. The Morgan fingerprint density at radius 2 is 2.38 bits per heavy atom. The maximum atomic E-state index is 11.6.